The number of carbonyl (C=O) groups is 1. The van der Waals surface area contributed by atoms with Crippen molar-refractivity contribution >= 4 is 11.6 Å². The van der Waals surface area contributed by atoms with Crippen LogP contribution >= 0.6 is 0 Å². The summed E-state index contributed by atoms with van der Waals surface area (Å²) in [6.45, 7) is 0. The SMILES string of the molecule is COc1ccc(CCC(=O)Nc2ccccc2Cc2ccccc2)cc1OC. The van der Waals surface area contributed by atoms with E-state index < -0.39 is 0 Å². The third-order valence-electron chi connectivity index (χ3n) is 4.62. The molecule has 4 heteroatoms. The number of nitrogens with one attached hydrogen (secondary N) is 1. The normalized spacial score (nSPS) is 10.4. The van der Waals surface area contributed by atoms with Crippen molar-refractivity contribution in [2.24, 2.45) is 0 Å². The lowest BCUT2D eigenvalue weighted by Crippen LogP contribution is -2.14. The number of para-hydroxylation sites is 1. The molecule has 0 fully saturated rings. The van der Waals surface area contributed by atoms with Gasteiger partial charge in [0.2, 0.25) is 5.91 Å². The highest BCUT2D eigenvalue weighted by Gasteiger charge is 2.09. The number of aryl methyl sites for hydroxylation is 1. The Morgan fingerprint density at radius 2 is 1.54 bits per heavy atom. The number of hydrogen-bond donors (Lipinski definition) is 1. The lowest BCUT2D eigenvalue weighted by Gasteiger charge is -2.12. The molecule has 4 nitrogen and oxygen atoms in total. The van der Waals surface area contributed by atoms with Crippen LogP contribution in [0.2, 0.25) is 0 Å². The summed E-state index contributed by atoms with van der Waals surface area (Å²) in [6.07, 6.45) is 1.81. The molecule has 28 heavy (non-hydrogen) atoms. The number of rotatable bonds is 8. The Bertz CT molecular complexity index is 922. The summed E-state index contributed by atoms with van der Waals surface area (Å²) >= 11 is 0. The molecule has 0 unspecified atom stereocenters. The zero-order chi connectivity index (χ0) is 19.8. The van der Waals surface area contributed by atoms with E-state index >= 15 is 0 Å². The molecule has 3 rings (SSSR count). The molecule has 0 saturated heterocycles. The lowest BCUT2D eigenvalue weighted by molar-refractivity contribution is -0.116. The fourth-order valence-corrected chi connectivity index (χ4v) is 3.12. The lowest BCUT2D eigenvalue weighted by atomic mass is 10.0. The third-order valence-corrected chi connectivity index (χ3v) is 4.62. The smallest absolute Gasteiger partial charge is 0.224 e. The van der Waals surface area contributed by atoms with E-state index in [0.29, 0.717) is 24.3 Å². The Hall–Kier alpha value is -3.27. The molecule has 0 radical (unpaired) electrons. The summed E-state index contributed by atoms with van der Waals surface area (Å²) in [7, 11) is 3.22. The maximum Gasteiger partial charge on any atom is 0.224 e. The van der Waals surface area contributed by atoms with Gasteiger partial charge in [0.15, 0.2) is 11.5 Å². The third kappa shape index (κ3) is 5.13. The largest absolute Gasteiger partial charge is 0.493 e. The van der Waals surface area contributed by atoms with Gasteiger partial charge in [0.25, 0.3) is 0 Å². The Morgan fingerprint density at radius 3 is 2.29 bits per heavy atom. The van der Waals surface area contributed by atoms with Crippen LogP contribution in [0.15, 0.2) is 72.8 Å². The maximum atomic E-state index is 12.5. The van der Waals surface area contributed by atoms with Crippen LogP contribution in [0.3, 0.4) is 0 Å². The fourth-order valence-electron chi connectivity index (χ4n) is 3.12. The molecule has 0 bridgehead atoms. The summed E-state index contributed by atoms with van der Waals surface area (Å²) in [6, 6.07) is 23.9. The second kappa shape index (κ2) is 9.60. The van der Waals surface area contributed by atoms with Crippen LogP contribution in [0.25, 0.3) is 0 Å². The van der Waals surface area contributed by atoms with Crippen LogP contribution in [-0.4, -0.2) is 20.1 Å². The number of amides is 1. The Morgan fingerprint density at radius 1 is 0.821 bits per heavy atom. The minimum Gasteiger partial charge on any atom is -0.493 e. The average molecular weight is 375 g/mol. The summed E-state index contributed by atoms with van der Waals surface area (Å²) in [5.74, 6) is 1.36. The van der Waals surface area contributed by atoms with E-state index in [1.54, 1.807) is 14.2 Å². The first-order chi connectivity index (χ1) is 13.7. The fraction of sp³-hybridized carbons (Fsp3) is 0.208. The van der Waals surface area contributed by atoms with E-state index in [2.05, 4.69) is 23.5 Å². The highest BCUT2D eigenvalue weighted by atomic mass is 16.5. The van der Waals surface area contributed by atoms with E-state index in [1.165, 1.54) is 5.56 Å². The van der Waals surface area contributed by atoms with Crippen molar-refractivity contribution < 1.29 is 14.3 Å². The number of hydrogen-bond acceptors (Lipinski definition) is 3. The first-order valence-corrected chi connectivity index (χ1v) is 9.32. The minimum absolute atomic E-state index is 0.00436. The molecule has 3 aromatic carbocycles. The molecule has 0 spiro atoms. The molecule has 0 aliphatic rings. The molecule has 0 atom stereocenters. The topological polar surface area (TPSA) is 47.6 Å². The van der Waals surface area contributed by atoms with Gasteiger partial charge < -0.3 is 14.8 Å². The maximum absolute atomic E-state index is 12.5. The predicted molar refractivity (Wildman–Crippen MR) is 112 cm³/mol. The summed E-state index contributed by atoms with van der Waals surface area (Å²) in [4.78, 5) is 12.5. The van der Waals surface area contributed by atoms with Gasteiger partial charge in [-0.3, -0.25) is 4.79 Å². The van der Waals surface area contributed by atoms with Gasteiger partial charge in [0.1, 0.15) is 0 Å². The van der Waals surface area contributed by atoms with Gasteiger partial charge >= 0.3 is 0 Å². The molecule has 0 aromatic heterocycles. The molecule has 0 aliphatic heterocycles. The van der Waals surface area contributed by atoms with E-state index in [1.807, 2.05) is 54.6 Å². The average Bonchev–Trinajstić information content (AvgIpc) is 2.74. The van der Waals surface area contributed by atoms with Crippen LogP contribution in [0.4, 0.5) is 5.69 Å². The van der Waals surface area contributed by atoms with Crippen molar-refractivity contribution in [1.82, 2.24) is 0 Å². The molecule has 3 aromatic rings. The second-order valence-electron chi connectivity index (χ2n) is 6.56. The van der Waals surface area contributed by atoms with Gasteiger partial charge in [-0.15, -0.1) is 0 Å². The molecular weight excluding hydrogens is 350 g/mol. The second-order valence-corrected chi connectivity index (χ2v) is 6.56. The molecule has 0 saturated carbocycles. The van der Waals surface area contributed by atoms with Crippen LogP contribution in [-0.2, 0) is 17.6 Å². The summed E-state index contributed by atoms with van der Waals surface area (Å²) in [5.41, 5.74) is 4.22. The zero-order valence-corrected chi connectivity index (χ0v) is 16.3. The quantitative estimate of drug-likeness (QED) is 0.611. The van der Waals surface area contributed by atoms with Crippen molar-refractivity contribution in [3.8, 4) is 11.5 Å². The Balaban J connectivity index is 1.62. The molecule has 144 valence electrons. The van der Waals surface area contributed by atoms with Gasteiger partial charge in [-0.1, -0.05) is 54.6 Å². The number of carbonyl (C=O) groups excluding carboxylic acids is 1. The van der Waals surface area contributed by atoms with Gasteiger partial charge in [-0.25, -0.2) is 0 Å². The van der Waals surface area contributed by atoms with E-state index in [-0.39, 0.29) is 5.91 Å². The van der Waals surface area contributed by atoms with Gasteiger partial charge in [-0.05, 0) is 47.7 Å². The highest BCUT2D eigenvalue weighted by Crippen LogP contribution is 2.28. The monoisotopic (exact) mass is 375 g/mol. The highest BCUT2D eigenvalue weighted by molar-refractivity contribution is 5.91. The molecular formula is C24H25NO3. The van der Waals surface area contributed by atoms with Crippen molar-refractivity contribution in [1.29, 1.82) is 0 Å². The van der Waals surface area contributed by atoms with Crippen LogP contribution in [0.5, 0.6) is 11.5 Å². The predicted octanol–water partition coefficient (Wildman–Crippen LogP) is 4.87. The molecule has 1 amide bonds. The zero-order valence-electron chi connectivity index (χ0n) is 16.3. The molecule has 0 aliphatic carbocycles. The summed E-state index contributed by atoms with van der Waals surface area (Å²) < 4.78 is 10.6. The minimum atomic E-state index is -0.00436. The van der Waals surface area contributed by atoms with Crippen molar-refractivity contribution in [2.75, 3.05) is 19.5 Å². The van der Waals surface area contributed by atoms with Crippen LogP contribution in [0.1, 0.15) is 23.1 Å². The first-order valence-electron chi connectivity index (χ1n) is 9.32. The number of benzene rings is 3. The number of anilines is 1. The van der Waals surface area contributed by atoms with Gasteiger partial charge in [-0.2, -0.15) is 0 Å². The first kappa shape index (κ1) is 19.5. The van der Waals surface area contributed by atoms with Gasteiger partial charge in [0, 0.05) is 12.1 Å². The van der Waals surface area contributed by atoms with Crippen LogP contribution < -0.4 is 14.8 Å². The molecule has 1 N–H and O–H groups in total. The Labute approximate surface area is 166 Å². The Kier molecular flexibility index (Phi) is 6.68. The van der Waals surface area contributed by atoms with Crippen LogP contribution in [0, 0.1) is 0 Å². The van der Waals surface area contributed by atoms with E-state index in [4.69, 9.17) is 9.47 Å². The van der Waals surface area contributed by atoms with E-state index in [9.17, 15) is 4.79 Å². The standard InChI is InChI=1S/C24H25NO3/c1-27-22-14-12-19(17-23(22)28-2)13-15-24(26)25-21-11-7-6-10-20(21)16-18-8-4-3-5-9-18/h3-12,14,17H,13,15-16H2,1-2H3,(H,25,26). The molecule has 0 heterocycles. The number of methoxy groups -OCH3 is 2. The van der Waals surface area contributed by atoms with Gasteiger partial charge in [0.05, 0.1) is 14.2 Å². The summed E-state index contributed by atoms with van der Waals surface area (Å²) in [5, 5.41) is 3.06. The van der Waals surface area contributed by atoms with Crippen molar-refractivity contribution in [3.05, 3.63) is 89.5 Å². The van der Waals surface area contributed by atoms with E-state index in [0.717, 1.165) is 23.2 Å². The van der Waals surface area contributed by atoms with Crippen molar-refractivity contribution in [2.45, 2.75) is 19.3 Å². The number of ether oxygens (including phenoxy) is 2. The van der Waals surface area contributed by atoms with Crippen molar-refractivity contribution in [3.63, 3.8) is 0 Å².